The molecular formula is C50H31NO2. The van der Waals surface area contributed by atoms with Gasteiger partial charge in [0.25, 0.3) is 0 Å². The van der Waals surface area contributed by atoms with Crippen molar-refractivity contribution >= 4 is 82.5 Å². The van der Waals surface area contributed by atoms with Crippen LogP contribution in [0.3, 0.4) is 0 Å². The lowest BCUT2D eigenvalue weighted by Gasteiger charge is -2.29. The molecule has 3 nitrogen and oxygen atoms in total. The summed E-state index contributed by atoms with van der Waals surface area (Å²) >= 11 is 0. The molecule has 0 fully saturated rings. The first kappa shape index (κ1) is 29.6. The summed E-state index contributed by atoms with van der Waals surface area (Å²) in [5.41, 5.74) is 11.2. The number of hydrogen-bond acceptors (Lipinski definition) is 3. The maximum absolute atomic E-state index is 6.73. The Bertz CT molecular complexity index is 3200. The predicted molar refractivity (Wildman–Crippen MR) is 222 cm³/mol. The predicted octanol–water partition coefficient (Wildman–Crippen LogP) is 14.6. The molecule has 11 aromatic rings. The van der Waals surface area contributed by atoms with Crippen LogP contribution >= 0.6 is 0 Å². The van der Waals surface area contributed by atoms with Gasteiger partial charge in [0.2, 0.25) is 0 Å². The highest BCUT2D eigenvalue weighted by Crippen LogP contribution is 2.48. The van der Waals surface area contributed by atoms with Crippen LogP contribution < -0.4 is 4.90 Å². The number of fused-ring (bicyclic) bond motifs is 9. The number of anilines is 3. The Hall–Kier alpha value is -7.10. The van der Waals surface area contributed by atoms with Crippen LogP contribution in [0.1, 0.15) is 0 Å². The minimum absolute atomic E-state index is 0.852. The molecule has 0 unspecified atom stereocenters. The lowest BCUT2D eigenvalue weighted by atomic mass is 9.96. The first-order valence-electron chi connectivity index (χ1n) is 18.0. The van der Waals surface area contributed by atoms with Gasteiger partial charge < -0.3 is 13.7 Å². The van der Waals surface area contributed by atoms with E-state index in [-0.39, 0.29) is 0 Å². The van der Waals surface area contributed by atoms with E-state index in [0.29, 0.717) is 0 Å². The maximum atomic E-state index is 6.73. The van der Waals surface area contributed by atoms with Gasteiger partial charge in [0, 0.05) is 32.8 Å². The van der Waals surface area contributed by atoms with Crippen molar-refractivity contribution in [2.45, 2.75) is 0 Å². The second kappa shape index (κ2) is 11.7. The minimum Gasteiger partial charge on any atom is -0.456 e. The second-order valence-corrected chi connectivity index (χ2v) is 13.7. The monoisotopic (exact) mass is 677 g/mol. The number of furan rings is 2. The lowest BCUT2D eigenvalue weighted by molar-refractivity contribution is 0.669. The van der Waals surface area contributed by atoms with Crippen molar-refractivity contribution in [2.24, 2.45) is 0 Å². The Balaban J connectivity index is 1.20. The van der Waals surface area contributed by atoms with Gasteiger partial charge in [-0.15, -0.1) is 0 Å². The van der Waals surface area contributed by atoms with Crippen LogP contribution in [0.2, 0.25) is 0 Å². The quantitative estimate of drug-likeness (QED) is 0.182. The van der Waals surface area contributed by atoms with Crippen molar-refractivity contribution in [1.29, 1.82) is 0 Å². The van der Waals surface area contributed by atoms with Crippen molar-refractivity contribution in [3.05, 3.63) is 188 Å². The Kier molecular flexibility index (Phi) is 6.55. The molecule has 0 atom stereocenters. The molecule has 0 saturated carbocycles. The zero-order chi connectivity index (χ0) is 34.9. The van der Waals surface area contributed by atoms with Crippen LogP contribution in [0, 0.1) is 0 Å². The molecule has 2 aromatic heterocycles. The van der Waals surface area contributed by atoms with Gasteiger partial charge in [0.1, 0.15) is 22.3 Å². The summed E-state index contributed by atoms with van der Waals surface area (Å²) in [5, 5.41) is 9.10. The zero-order valence-electron chi connectivity index (χ0n) is 28.7. The van der Waals surface area contributed by atoms with E-state index in [1.54, 1.807) is 0 Å². The van der Waals surface area contributed by atoms with E-state index in [1.165, 1.54) is 16.3 Å². The summed E-state index contributed by atoms with van der Waals surface area (Å²) in [6.45, 7) is 0. The van der Waals surface area contributed by atoms with Crippen molar-refractivity contribution < 1.29 is 8.83 Å². The van der Waals surface area contributed by atoms with Crippen LogP contribution in [-0.4, -0.2) is 0 Å². The maximum Gasteiger partial charge on any atom is 0.143 e. The van der Waals surface area contributed by atoms with Crippen molar-refractivity contribution in [3.63, 3.8) is 0 Å². The summed E-state index contributed by atoms with van der Waals surface area (Å²) in [6, 6.07) is 66.8. The van der Waals surface area contributed by atoms with Gasteiger partial charge in [-0.2, -0.15) is 0 Å². The molecule has 0 radical (unpaired) electrons. The van der Waals surface area contributed by atoms with Crippen molar-refractivity contribution in [3.8, 4) is 22.3 Å². The highest BCUT2D eigenvalue weighted by atomic mass is 16.3. The van der Waals surface area contributed by atoms with Gasteiger partial charge in [-0.1, -0.05) is 133 Å². The molecule has 0 aliphatic rings. The summed E-state index contributed by atoms with van der Waals surface area (Å²) in [7, 11) is 0. The number of hydrogen-bond donors (Lipinski definition) is 0. The normalized spacial score (nSPS) is 11.8. The topological polar surface area (TPSA) is 29.5 Å². The Morgan fingerprint density at radius 3 is 1.91 bits per heavy atom. The average molecular weight is 678 g/mol. The molecule has 53 heavy (non-hydrogen) atoms. The largest absolute Gasteiger partial charge is 0.456 e. The molecule has 0 N–H and O–H groups in total. The molecule has 0 saturated heterocycles. The lowest BCUT2D eigenvalue weighted by Crippen LogP contribution is -2.11. The van der Waals surface area contributed by atoms with Gasteiger partial charge >= 0.3 is 0 Å². The van der Waals surface area contributed by atoms with E-state index in [9.17, 15) is 0 Å². The molecule has 0 bridgehead atoms. The van der Waals surface area contributed by atoms with Crippen LogP contribution in [0.5, 0.6) is 0 Å². The fourth-order valence-electron chi connectivity index (χ4n) is 8.22. The Morgan fingerprint density at radius 1 is 0.340 bits per heavy atom. The number of para-hydroxylation sites is 2. The number of rotatable bonds is 5. The number of nitrogens with zero attached hydrogens (tertiary/aromatic N) is 1. The third kappa shape index (κ3) is 4.68. The molecule has 2 heterocycles. The highest BCUT2D eigenvalue weighted by Gasteiger charge is 2.24. The SMILES string of the molecule is c1cc(-c2ccc3ccccc3c2)cc(N(c2ccccc2-c2cccc3oc4ccccc4c23)c2cccc3oc4c5ccccc5ccc4c23)c1. The first-order valence-corrected chi connectivity index (χ1v) is 18.0. The molecule has 0 aliphatic heterocycles. The third-order valence-electron chi connectivity index (χ3n) is 10.6. The Morgan fingerprint density at radius 2 is 0.981 bits per heavy atom. The molecule has 0 aliphatic carbocycles. The molecule has 0 amide bonds. The summed E-state index contributed by atoms with van der Waals surface area (Å²) in [6.07, 6.45) is 0. The Labute approximate surface area is 305 Å². The van der Waals surface area contributed by atoms with Gasteiger partial charge in [-0.3, -0.25) is 0 Å². The smallest absolute Gasteiger partial charge is 0.143 e. The standard InChI is InChI=1S/C50H31NO2/c1-2-14-34-30-36(27-26-32(34)12-1)35-15-9-16-37(31-35)51(44-22-11-25-47-49(44)42-29-28-33-13-3-4-17-38(33)50(42)53-47)43-21-7-5-18-39(43)40-20-10-24-46-48(40)41-19-6-8-23-45(41)52-46/h1-31H. The molecular weight excluding hydrogens is 647 g/mol. The van der Waals surface area contributed by atoms with E-state index >= 15 is 0 Å². The first-order chi connectivity index (χ1) is 26.3. The zero-order valence-corrected chi connectivity index (χ0v) is 28.7. The van der Waals surface area contributed by atoms with Crippen LogP contribution in [0.25, 0.3) is 87.7 Å². The average Bonchev–Trinajstić information content (AvgIpc) is 3.81. The van der Waals surface area contributed by atoms with Gasteiger partial charge in [-0.05, 0) is 87.4 Å². The third-order valence-corrected chi connectivity index (χ3v) is 10.6. The number of benzene rings is 9. The van der Waals surface area contributed by atoms with Crippen LogP contribution in [0.4, 0.5) is 17.1 Å². The fraction of sp³-hybridized carbons (Fsp3) is 0. The van der Waals surface area contributed by atoms with E-state index in [2.05, 4.69) is 181 Å². The fourth-order valence-corrected chi connectivity index (χ4v) is 8.22. The molecule has 0 spiro atoms. The summed E-state index contributed by atoms with van der Waals surface area (Å²) in [4.78, 5) is 2.41. The molecule has 11 rings (SSSR count). The van der Waals surface area contributed by atoms with E-state index in [1.807, 2.05) is 12.1 Å². The van der Waals surface area contributed by atoms with Gasteiger partial charge in [0.05, 0.1) is 16.8 Å². The summed E-state index contributed by atoms with van der Waals surface area (Å²) < 4.78 is 13.1. The van der Waals surface area contributed by atoms with E-state index in [0.717, 1.165) is 88.4 Å². The highest BCUT2D eigenvalue weighted by molar-refractivity contribution is 6.20. The second-order valence-electron chi connectivity index (χ2n) is 13.7. The van der Waals surface area contributed by atoms with Crippen molar-refractivity contribution in [1.82, 2.24) is 0 Å². The van der Waals surface area contributed by atoms with Crippen LogP contribution in [0.15, 0.2) is 197 Å². The van der Waals surface area contributed by atoms with Gasteiger partial charge in [0.15, 0.2) is 0 Å². The minimum atomic E-state index is 0.852. The molecule has 248 valence electrons. The van der Waals surface area contributed by atoms with Crippen molar-refractivity contribution in [2.75, 3.05) is 4.90 Å². The molecule has 9 aromatic carbocycles. The van der Waals surface area contributed by atoms with E-state index in [4.69, 9.17) is 8.83 Å². The van der Waals surface area contributed by atoms with E-state index < -0.39 is 0 Å². The summed E-state index contributed by atoms with van der Waals surface area (Å²) in [5.74, 6) is 0. The van der Waals surface area contributed by atoms with Crippen LogP contribution in [-0.2, 0) is 0 Å². The molecule has 3 heteroatoms. The van der Waals surface area contributed by atoms with Gasteiger partial charge in [-0.25, -0.2) is 0 Å².